The molecule has 0 amide bonds. The van der Waals surface area contributed by atoms with E-state index in [1.807, 2.05) is 22.8 Å². The van der Waals surface area contributed by atoms with Gasteiger partial charge in [0.1, 0.15) is 5.68 Å². The zero-order chi connectivity index (χ0) is 5.98. The zero-order valence-corrected chi connectivity index (χ0v) is 7.92. The van der Waals surface area contributed by atoms with Gasteiger partial charge in [-0.3, -0.25) is 0 Å². The molecule has 0 radical (unpaired) electrons. The molecule has 2 unspecified atom stereocenters. The van der Waals surface area contributed by atoms with Crippen LogP contribution in [0.15, 0.2) is 0 Å². The maximum atomic E-state index is 5.90. The highest BCUT2D eigenvalue weighted by Crippen LogP contribution is 2.69. The third-order valence-corrected chi connectivity index (χ3v) is 8.41. The molecule has 0 aromatic carbocycles. The summed E-state index contributed by atoms with van der Waals surface area (Å²) in [5.41, 5.74) is -0.225. The van der Waals surface area contributed by atoms with Crippen molar-refractivity contribution >= 4 is 39.7 Å². The third kappa shape index (κ3) is 2.34. The van der Waals surface area contributed by atoms with Gasteiger partial charge < -0.3 is 0 Å². The fourth-order valence-electron chi connectivity index (χ4n) is 0.515. The minimum absolute atomic E-state index is 0.225. The molecule has 0 aromatic rings. The van der Waals surface area contributed by atoms with Gasteiger partial charge in [0.2, 0.25) is 0 Å². The molecular weight excluding hydrogens is 179 g/mol. The summed E-state index contributed by atoms with van der Waals surface area (Å²) in [6.07, 6.45) is 1.33. The van der Waals surface area contributed by atoms with E-state index in [0.717, 1.165) is 5.25 Å². The van der Waals surface area contributed by atoms with Crippen LogP contribution in [0.5, 0.6) is 0 Å². The zero-order valence-electron chi connectivity index (χ0n) is 4.63. The monoisotopic (exact) mass is 186 g/mol. The van der Waals surface area contributed by atoms with Gasteiger partial charge in [0.05, 0.1) is 0 Å². The summed E-state index contributed by atoms with van der Waals surface area (Å²) in [4.78, 5) is 0. The molecule has 1 aliphatic heterocycles. The SMILES string of the molecule is CC1CCSP(Cl)S1. The van der Waals surface area contributed by atoms with Crippen molar-refractivity contribution in [3.05, 3.63) is 0 Å². The van der Waals surface area contributed by atoms with Gasteiger partial charge in [0.25, 0.3) is 0 Å². The molecule has 1 aliphatic rings. The molecule has 1 fully saturated rings. The van der Waals surface area contributed by atoms with E-state index in [4.69, 9.17) is 11.2 Å². The largest absolute Gasteiger partial charge is 0.110 e. The van der Waals surface area contributed by atoms with E-state index in [0.29, 0.717) is 0 Å². The molecule has 4 heteroatoms. The first-order valence-electron chi connectivity index (χ1n) is 2.54. The van der Waals surface area contributed by atoms with Crippen LogP contribution < -0.4 is 0 Å². The summed E-state index contributed by atoms with van der Waals surface area (Å²) in [6.45, 7) is 2.25. The lowest BCUT2D eigenvalue weighted by molar-refractivity contribution is 0.923. The van der Waals surface area contributed by atoms with Gasteiger partial charge in [-0.2, -0.15) is 0 Å². The molecule has 0 saturated carbocycles. The van der Waals surface area contributed by atoms with Gasteiger partial charge >= 0.3 is 0 Å². The first-order valence-corrected chi connectivity index (χ1v) is 7.87. The van der Waals surface area contributed by atoms with Crippen molar-refractivity contribution < 1.29 is 0 Å². The Balaban J connectivity index is 2.23. The van der Waals surface area contributed by atoms with Gasteiger partial charge in [0, 0.05) is 11.0 Å². The first kappa shape index (κ1) is 7.53. The summed E-state index contributed by atoms with van der Waals surface area (Å²) in [6, 6.07) is 0. The number of hydrogen-bond acceptors (Lipinski definition) is 2. The second-order valence-corrected chi connectivity index (χ2v) is 10.4. The summed E-state index contributed by atoms with van der Waals surface area (Å²) in [5, 5.41) is 0.805. The maximum absolute atomic E-state index is 5.90. The Kier molecular flexibility index (Phi) is 3.34. The second kappa shape index (κ2) is 3.55. The number of halogens is 1. The molecule has 0 nitrogen and oxygen atoms in total. The molecule has 1 rings (SSSR count). The minimum atomic E-state index is -0.225. The molecule has 1 saturated heterocycles. The minimum Gasteiger partial charge on any atom is -0.107 e. The Hall–Kier alpha value is 1.42. The van der Waals surface area contributed by atoms with E-state index < -0.39 is 0 Å². The molecule has 1 heterocycles. The predicted molar refractivity (Wildman–Crippen MR) is 46.9 cm³/mol. The number of hydrogen-bond donors (Lipinski definition) is 0. The van der Waals surface area contributed by atoms with E-state index in [1.165, 1.54) is 12.2 Å². The average molecular weight is 187 g/mol. The second-order valence-electron chi connectivity index (χ2n) is 1.75. The first-order chi connectivity index (χ1) is 3.79. The van der Waals surface area contributed by atoms with E-state index in [9.17, 15) is 0 Å². The van der Waals surface area contributed by atoms with Crippen LogP contribution in [-0.4, -0.2) is 11.0 Å². The Bertz CT molecular complexity index is 72.4. The van der Waals surface area contributed by atoms with Gasteiger partial charge in [-0.25, -0.2) is 0 Å². The lowest BCUT2D eigenvalue weighted by atomic mass is 10.4. The molecule has 0 bridgehead atoms. The molecule has 0 spiro atoms. The normalized spacial score (nSPS) is 39.8. The predicted octanol–water partition coefficient (Wildman–Crippen LogP) is 3.71. The van der Waals surface area contributed by atoms with Crippen LogP contribution in [0.3, 0.4) is 0 Å². The fourth-order valence-corrected chi connectivity index (χ4v) is 8.31. The van der Waals surface area contributed by atoms with Crippen molar-refractivity contribution in [3.8, 4) is 0 Å². The Morgan fingerprint density at radius 2 is 2.50 bits per heavy atom. The lowest BCUT2D eigenvalue weighted by Gasteiger charge is -2.19. The molecule has 2 atom stereocenters. The lowest BCUT2D eigenvalue weighted by Crippen LogP contribution is -1.98. The van der Waals surface area contributed by atoms with E-state index in [1.54, 1.807) is 0 Å². The molecule has 0 N–H and O–H groups in total. The maximum Gasteiger partial charge on any atom is 0.110 e. The summed E-state index contributed by atoms with van der Waals surface area (Å²) in [7, 11) is 0. The van der Waals surface area contributed by atoms with Crippen LogP contribution >= 0.6 is 39.7 Å². The highest BCUT2D eigenvalue weighted by molar-refractivity contribution is 8.94. The van der Waals surface area contributed by atoms with Crippen molar-refractivity contribution in [2.45, 2.75) is 18.6 Å². The summed E-state index contributed by atoms with van der Waals surface area (Å²) >= 11 is 9.75. The average Bonchev–Trinajstić information content (AvgIpc) is 1.64. The van der Waals surface area contributed by atoms with Crippen molar-refractivity contribution in [1.29, 1.82) is 0 Å². The van der Waals surface area contributed by atoms with Crippen LogP contribution in [0.2, 0.25) is 0 Å². The Morgan fingerprint density at radius 1 is 1.75 bits per heavy atom. The standard InChI is InChI=1S/C4H8ClPS2/c1-4-2-3-7-6(5)8-4/h4H,2-3H2,1H3. The van der Waals surface area contributed by atoms with Crippen molar-refractivity contribution in [3.63, 3.8) is 0 Å². The quantitative estimate of drug-likeness (QED) is 0.529. The Labute approximate surface area is 64.2 Å². The third-order valence-electron chi connectivity index (χ3n) is 0.980. The van der Waals surface area contributed by atoms with E-state index >= 15 is 0 Å². The topological polar surface area (TPSA) is 0 Å². The van der Waals surface area contributed by atoms with Crippen LogP contribution in [0, 0.1) is 0 Å². The molecule has 0 aliphatic carbocycles. The highest BCUT2D eigenvalue weighted by atomic mass is 35.7. The van der Waals surface area contributed by atoms with Crippen LogP contribution in [0.25, 0.3) is 0 Å². The highest BCUT2D eigenvalue weighted by Gasteiger charge is 2.16. The molecule has 48 valence electrons. The molecule has 0 aromatic heterocycles. The van der Waals surface area contributed by atoms with Crippen LogP contribution in [-0.2, 0) is 0 Å². The fraction of sp³-hybridized carbons (Fsp3) is 1.00. The number of rotatable bonds is 0. The molecular formula is C4H8ClPS2. The summed E-state index contributed by atoms with van der Waals surface area (Å²) < 4.78 is 0. The van der Waals surface area contributed by atoms with Crippen molar-refractivity contribution in [1.82, 2.24) is 0 Å². The Morgan fingerprint density at radius 3 is 2.88 bits per heavy atom. The van der Waals surface area contributed by atoms with Gasteiger partial charge in [-0.05, 0) is 6.42 Å². The molecule has 8 heavy (non-hydrogen) atoms. The van der Waals surface area contributed by atoms with Crippen molar-refractivity contribution in [2.75, 3.05) is 5.75 Å². The van der Waals surface area contributed by atoms with E-state index in [2.05, 4.69) is 6.92 Å². The van der Waals surface area contributed by atoms with Gasteiger partial charge in [0.15, 0.2) is 0 Å². The van der Waals surface area contributed by atoms with Gasteiger partial charge in [-0.15, -0.1) is 22.8 Å². The summed E-state index contributed by atoms with van der Waals surface area (Å²) in [5.74, 6) is 1.27. The van der Waals surface area contributed by atoms with Gasteiger partial charge in [-0.1, -0.05) is 18.2 Å². The van der Waals surface area contributed by atoms with Crippen LogP contribution in [0.4, 0.5) is 0 Å². The van der Waals surface area contributed by atoms with Crippen molar-refractivity contribution in [2.24, 2.45) is 0 Å². The smallest absolute Gasteiger partial charge is 0.107 e. The van der Waals surface area contributed by atoms with E-state index in [-0.39, 0.29) is 5.68 Å². The van der Waals surface area contributed by atoms with Crippen LogP contribution in [0.1, 0.15) is 13.3 Å².